The zero-order valence-electron chi connectivity index (χ0n) is 27.3. The first-order valence-corrected chi connectivity index (χ1v) is 17.5. The number of benzene rings is 4. The van der Waals surface area contributed by atoms with Gasteiger partial charge in [0.2, 0.25) is 0 Å². The second-order valence-electron chi connectivity index (χ2n) is 13.0. The number of fused-ring (bicyclic) bond motifs is 3. The van der Waals surface area contributed by atoms with Crippen molar-refractivity contribution in [2.75, 3.05) is 26.4 Å². The molecule has 0 saturated carbocycles. The minimum Gasteiger partial charge on any atom is -0.353 e. The maximum atomic E-state index is 6.45. The topological polar surface area (TPSA) is 36.9 Å². The lowest BCUT2D eigenvalue weighted by Crippen LogP contribution is -2.32. The predicted octanol–water partition coefficient (Wildman–Crippen LogP) is 10.2. The number of ether oxygens (including phenoxy) is 4. The highest BCUT2D eigenvalue weighted by atomic mass is 16.7. The van der Waals surface area contributed by atoms with Gasteiger partial charge in [-0.1, -0.05) is 121 Å². The first-order chi connectivity index (χ1) is 23.3. The van der Waals surface area contributed by atoms with Crippen LogP contribution in [0.15, 0.2) is 97.1 Å². The van der Waals surface area contributed by atoms with E-state index in [0.717, 1.165) is 64.6 Å². The van der Waals surface area contributed by atoms with E-state index in [1.807, 2.05) is 0 Å². The Balaban J connectivity index is 1.25. The fourth-order valence-corrected chi connectivity index (χ4v) is 7.33. The predicted molar refractivity (Wildman–Crippen MR) is 192 cm³/mol. The van der Waals surface area contributed by atoms with E-state index in [4.69, 9.17) is 18.9 Å². The van der Waals surface area contributed by atoms with Gasteiger partial charge < -0.3 is 18.9 Å². The molecule has 4 heteroatoms. The summed E-state index contributed by atoms with van der Waals surface area (Å²) >= 11 is 0. The SMILES string of the molecule is C(=C\c1ccc2c(c1)C(CCOC1CCCCO1)(CCOC1CCCCO1)c1cc(/C=C/c3ccccc3)ccc1-2)/c1ccccc1. The van der Waals surface area contributed by atoms with E-state index in [1.165, 1.54) is 44.5 Å². The average Bonchev–Trinajstić information content (AvgIpc) is 3.39. The Morgan fingerprint density at radius 1 is 0.532 bits per heavy atom. The quantitative estimate of drug-likeness (QED) is 0.147. The van der Waals surface area contributed by atoms with Crippen LogP contribution < -0.4 is 0 Å². The van der Waals surface area contributed by atoms with E-state index in [9.17, 15) is 0 Å². The molecule has 4 nitrogen and oxygen atoms in total. The van der Waals surface area contributed by atoms with E-state index in [0.29, 0.717) is 13.2 Å². The van der Waals surface area contributed by atoms with Crippen LogP contribution >= 0.6 is 0 Å². The zero-order valence-corrected chi connectivity index (χ0v) is 27.3. The molecule has 2 atom stereocenters. The molecule has 242 valence electrons. The summed E-state index contributed by atoms with van der Waals surface area (Å²) in [6.45, 7) is 2.81. The maximum absolute atomic E-state index is 6.45. The van der Waals surface area contributed by atoms with Gasteiger partial charge in [0.1, 0.15) is 0 Å². The Labute approximate surface area is 280 Å². The van der Waals surface area contributed by atoms with Gasteiger partial charge in [0.25, 0.3) is 0 Å². The molecule has 2 unspecified atom stereocenters. The van der Waals surface area contributed by atoms with E-state index in [2.05, 4.69) is 121 Å². The summed E-state index contributed by atoms with van der Waals surface area (Å²) in [5.41, 5.74) is 9.82. The van der Waals surface area contributed by atoms with Crippen LogP contribution in [0.2, 0.25) is 0 Å². The summed E-state index contributed by atoms with van der Waals surface area (Å²) in [5.74, 6) is 0. The zero-order chi connectivity index (χ0) is 31.7. The summed E-state index contributed by atoms with van der Waals surface area (Å²) in [7, 11) is 0. The highest BCUT2D eigenvalue weighted by molar-refractivity contribution is 5.85. The monoisotopic (exact) mass is 626 g/mol. The Morgan fingerprint density at radius 3 is 1.40 bits per heavy atom. The molecule has 2 fully saturated rings. The van der Waals surface area contributed by atoms with Crippen molar-refractivity contribution in [1.29, 1.82) is 0 Å². The number of hydrogen-bond donors (Lipinski definition) is 0. The smallest absolute Gasteiger partial charge is 0.157 e. The third-order valence-electron chi connectivity index (χ3n) is 9.89. The van der Waals surface area contributed by atoms with Crippen LogP contribution in [0.25, 0.3) is 35.4 Å². The maximum Gasteiger partial charge on any atom is 0.157 e. The van der Waals surface area contributed by atoms with Gasteiger partial charge in [-0.2, -0.15) is 0 Å². The van der Waals surface area contributed by atoms with Crippen molar-refractivity contribution in [3.63, 3.8) is 0 Å². The molecule has 2 saturated heterocycles. The molecule has 0 aromatic heterocycles. The van der Waals surface area contributed by atoms with Crippen molar-refractivity contribution in [3.8, 4) is 11.1 Å². The van der Waals surface area contributed by atoms with Crippen LogP contribution in [0.1, 0.15) is 84.7 Å². The molecular formula is C43H46O4. The van der Waals surface area contributed by atoms with E-state index in [-0.39, 0.29) is 18.0 Å². The molecule has 47 heavy (non-hydrogen) atoms. The van der Waals surface area contributed by atoms with Gasteiger partial charge >= 0.3 is 0 Å². The summed E-state index contributed by atoms with van der Waals surface area (Å²) in [4.78, 5) is 0. The van der Waals surface area contributed by atoms with Gasteiger partial charge in [-0.05, 0) is 95.9 Å². The minimum absolute atomic E-state index is 0.117. The van der Waals surface area contributed by atoms with Crippen LogP contribution in [0.3, 0.4) is 0 Å². The van der Waals surface area contributed by atoms with E-state index < -0.39 is 0 Å². The highest BCUT2D eigenvalue weighted by Crippen LogP contribution is 2.53. The normalized spacial score (nSPS) is 20.4. The van der Waals surface area contributed by atoms with Crippen molar-refractivity contribution < 1.29 is 18.9 Å². The summed E-state index contributed by atoms with van der Waals surface area (Å²) in [6.07, 6.45) is 16.8. The summed E-state index contributed by atoms with van der Waals surface area (Å²) < 4.78 is 24.9. The molecule has 4 aromatic carbocycles. The van der Waals surface area contributed by atoms with Gasteiger partial charge in [0, 0.05) is 18.6 Å². The van der Waals surface area contributed by atoms with Gasteiger partial charge in [-0.25, -0.2) is 0 Å². The van der Waals surface area contributed by atoms with Crippen molar-refractivity contribution in [2.24, 2.45) is 0 Å². The number of hydrogen-bond acceptors (Lipinski definition) is 4. The number of rotatable bonds is 12. The summed E-state index contributed by atoms with van der Waals surface area (Å²) in [5, 5.41) is 0. The first-order valence-electron chi connectivity index (χ1n) is 17.5. The average molecular weight is 627 g/mol. The second kappa shape index (κ2) is 15.4. The van der Waals surface area contributed by atoms with Crippen molar-refractivity contribution >= 4 is 24.3 Å². The minimum atomic E-state index is -0.277. The largest absolute Gasteiger partial charge is 0.353 e. The summed E-state index contributed by atoms with van der Waals surface area (Å²) in [6, 6.07) is 35.0. The highest BCUT2D eigenvalue weighted by Gasteiger charge is 2.43. The van der Waals surface area contributed by atoms with Crippen LogP contribution in [0.4, 0.5) is 0 Å². The third kappa shape index (κ3) is 7.69. The molecule has 3 aliphatic rings. The van der Waals surface area contributed by atoms with Gasteiger partial charge in [-0.3, -0.25) is 0 Å². The molecule has 2 aliphatic heterocycles. The second-order valence-corrected chi connectivity index (χ2v) is 13.0. The lowest BCUT2D eigenvalue weighted by atomic mass is 9.72. The fraction of sp³-hybridized carbons (Fsp3) is 0.349. The molecule has 0 spiro atoms. The molecule has 4 aromatic rings. The van der Waals surface area contributed by atoms with E-state index >= 15 is 0 Å². The first kappa shape index (κ1) is 31.8. The van der Waals surface area contributed by atoms with Crippen LogP contribution in [-0.2, 0) is 24.4 Å². The Hall–Kier alpha value is -3.80. The Morgan fingerprint density at radius 2 is 0.979 bits per heavy atom. The molecule has 0 N–H and O–H groups in total. The van der Waals surface area contributed by atoms with Crippen molar-refractivity contribution in [1.82, 2.24) is 0 Å². The fourth-order valence-electron chi connectivity index (χ4n) is 7.33. The van der Waals surface area contributed by atoms with Gasteiger partial charge in [-0.15, -0.1) is 0 Å². The molecule has 2 heterocycles. The Kier molecular flexibility index (Phi) is 10.4. The molecule has 7 rings (SSSR count). The van der Waals surface area contributed by atoms with Gasteiger partial charge in [0.05, 0.1) is 13.2 Å². The third-order valence-corrected chi connectivity index (χ3v) is 9.89. The standard InChI is InChI=1S/C43H46O4/c1-3-11-33(12-4-1)17-19-35-21-23-37-38-24-22-36(20-18-34-13-5-2-6-14-34)32-40(38)43(39(37)31-35,25-29-46-41-15-7-9-27-44-41)26-30-47-42-16-8-10-28-45-42/h1-6,11-14,17-24,31-32,41-42H,7-10,15-16,25-30H2/b19-17+,20-18+. The molecule has 0 amide bonds. The molecule has 0 radical (unpaired) electrons. The lowest BCUT2D eigenvalue weighted by molar-refractivity contribution is -0.168. The van der Waals surface area contributed by atoms with Crippen LogP contribution in [0, 0.1) is 0 Å². The van der Waals surface area contributed by atoms with Crippen molar-refractivity contribution in [2.45, 2.75) is 69.4 Å². The molecule has 0 bridgehead atoms. The molecule has 1 aliphatic carbocycles. The molecular weight excluding hydrogens is 580 g/mol. The van der Waals surface area contributed by atoms with Gasteiger partial charge in [0.15, 0.2) is 12.6 Å². The van der Waals surface area contributed by atoms with E-state index in [1.54, 1.807) is 0 Å². The van der Waals surface area contributed by atoms with Crippen LogP contribution in [-0.4, -0.2) is 39.0 Å². The van der Waals surface area contributed by atoms with Crippen molar-refractivity contribution in [3.05, 3.63) is 130 Å². The Bertz CT molecular complexity index is 1520. The van der Waals surface area contributed by atoms with Crippen LogP contribution in [0.5, 0.6) is 0 Å². The lowest BCUT2D eigenvalue weighted by Gasteiger charge is -2.34.